The van der Waals surface area contributed by atoms with Crippen LogP contribution in [-0.2, 0) is 0 Å². The van der Waals surface area contributed by atoms with Gasteiger partial charge in [0.1, 0.15) is 0 Å². The Balaban J connectivity index is 2.04. The van der Waals surface area contributed by atoms with E-state index in [-0.39, 0.29) is 5.91 Å². The highest BCUT2D eigenvalue weighted by atomic mass is 35.5. The average molecular weight is 325 g/mol. The van der Waals surface area contributed by atoms with Crippen molar-refractivity contribution in [3.63, 3.8) is 0 Å². The Morgan fingerprint density at radius 3 is 2.57 bits per heavy atom. The summed E-state index contributed by atoms with van der Waals surface area (Å²) in [6.45, 7) is 5.76. The highest BCUT2D eigenvalue weighted by Gasteiger charge is 2.17. The number of para-hydroxylation sites is 1. The van der Waals surface area contributed by atoms with Crippen LogP contribution in [0.1, 0.15) is 27.2 Å². The number of amides is 1. The number of hydrogen-bond donors (Lipinski definition) is 1. The third-order valence-electron chi connectivity index (χ3n) is 3.93. The second-order valence-electron chi connectivity index (χ2n) is 5.65. The van der Waals surface area contributed by atoms with Crippen LogP contribution in [0.5, 0.6) is 0 Å². The minimum absolute atomic E-state index is 0.191. The molecule has 0 aliphatic heterocycles. The highest BCUT2D eigenvalue weighted by Crippen LogP contribution is 2.26. The standard InChI is InChI=1S/C19H17ClN2O/c1-11-8-9-17(15(20)10-11)22-19(23)18-12(2)14-6-4-5-7-16(14)21-13(18)3/h4-10H,1-3H3,(H,22,23). The molecule has 0 aliphatic carbocycles. The number of halogens is 1. The van der Waals surface area contributed by atoms with Gasteiger partial charge in [-0.2, -0.15) is 0 Å². The van der Waals surface area contributed by atoms with E-state index >= 15 is 0 Å². The van der Waals surface area contributed by atoms with Crippen LogP contribution in [0.25, 0.3) is 10.9 Å². The lowest BCUT2D eigenvalue weighted by Crippen LogP contribution is -2.16. The fourth-order valence-corrected chi connectivity index (χ4v) is 3.05. The molecule has 0 fully saturated rings. The number of rotatable bonds is 2. The molecule has 1 aromatic heterocycles. The number of aryl methyl sites for hydroxylation is 3. The third-order valence-corrected chi connectivity index (χ3v) is 4.25. The molecule has 116 valence electrons. The Kier molecular flexibility index (Phi) is 4.05. The summed E-state index contributed by atoms with van der Waals surface area (Å²) in [7, 11) is 0. The number of carbonyl (C=O) groups excluding carboxylic acids is 1. The van der Waals surface area contributed by atoms with E-state index in [9.17, 15) is 4.79 Å². The van der Waals surface area contributed by atoms with E-state index in [1.165, 1.54) is 0 Å². The number of hydrogen-bond acceptors (Lipinski definition) is 2. The fraction of sp³-hybridized carbons (Fsp3) is 0.158. The number of nitrogens with zero attached hydrogens (tertiary/aromatic N) is 1. The van der Waals surface area contributed by atoms with Gasteiger partial charge >= 0.3 is 0 Å². The first-order chi connectivity index (χ1) is 11.0. The molecule has 3 aromatic rings. The van der Waals surface area contributed by atoms with Crippen LogP contribution in [0, 0.1) is 20.8 Å². The maximum Gasteiger partial charge on any atom is 0.257 e. The van der Waals surface area contributed by atoms with Gasteiger partial charge in [-0.25, -0.2) is 0 Å². The molecular formula is C19H17ClN2O. The van der Waals surface area contributed by atoms with E-state index in [2.05, 4.69) is 10.3 Å². The predicted octanol–water partition coefficient (Wildman–Crippen LogP) is 5.07. The van der Waals surface area contributed by atoms with Crippen molar-refractivity contribution in [2.24, 2.45) is 0 Å². The summed E-state index contributed by atoms with van der Waals surface area (Å²) >= 11 is 6.21. The van der Waals surface area contributed by atoms with E-state index in [1.54, 1.807) is 0 Å². The van der Waals surface area contributed by atoms with Crippen molar-refractivity contribution in [3.8, 4) is 0 Å². The quantitative estimate of drug-likeness (QED) is 0.715. The van der Waals surface area contributed by atoms with Crippen molar-refractivity contribution < 1.29 is 4.79 Å². The molecule has 1 amide bonds. The molecule has 0 saturated heterocycles. The smallest absolute Gasteiger partial charge is 0.257 e. The molecule has 1 heterocycles. The predicted molar refractivity (Wildman–Crippen MR) is 95.4 cm³/mol. The maximum absolute atomic E-state index is 12.7. The molecule has 0 bridgehead atoms. The molecular weight excluding hydrogens is 308 g/mol. The second-order valence-corrected chi connectivity index (χ2v) is 6.06. The zero-order valence-corrected chi connectivity index (χ0v) is 14.0. The number of benzene rings is 2. The van der Waals surface area contributed by atoms with Crippen LogP contribution in [0.3, 0.4) is 0 Å². The Morgan fingerprint density at radius 2 is 1.83 bits per heavy atom. The highest BCUT2D eigenvalue weighted by molar-refractivity contribution is 6.34. The molecule has 0 aliphatic rings. The number of anilines is 1. The first kappa shape index (κ1) is 15.5. The SMILES string of the molecule is Cc1ccc(NC(=O)c2c(C)nc3ccccc3c2C)c(Cl)c1. The van der Waals surface area contributed by atoms with Gasteiger partial charge in [-0.15, -0.1) is 0 Å². The largest absolute Gasteiger partial charge is 0.321 e. The van der Waals surface area contributed by atoms with Gasteiger partial charge in [0.15, 0.2) is 0 Å². The molecule has 4 heteroatoms. The number of carbonyl (C=O) groups is 1. The normalized spacial score (nSPS) is 10.8. The summed E-state index contributed by atoms with van der Waals surface area (Å²) in [5.74, 6) is -0.191. The van der Waals surface area contributed by atoms with Crippen molar-refractivity contribution in [1.29, 1.82) is 0 Å². The topological polar surface area (TPSA) is 42.0 Å². The summed E-state index contributed by atoms with van der Waals surface area (Å²) < 4.78 is 0. The van der Waals surface area contributed by atoms with Gasteiger partial charge in [0.05, 0.1) is 27.5 Å². The minimum atomic E-state index is -0.191. The fourth-order valence-electron chi connectivity index (χ4n) is 2.77. The van der Waals surface area contributed by atoms with Gasteiger partial charge < -0.3 is 5.32 Å². The zero-order valence-electron chi connectivity index (χ0n) is 13.3. The Bertz CT molecular complexity index is 919. The van der Waals surface area contributed by atoms with Gasteiger partial charge in [-0.1, -0.05) is 35.9 Å². The van der Waals surface area contributed by atoms with Crippen LogP contribution in [0.15, 0.2) is 42.5 Å². The van der Waals surface area contributed by atoms with Gasteiger partial charge in [-0.3, -0.25) is 9.78 Å². The second kappa shape index (κ2) is 6.01. The molecule has 0 spiro atoms. The molecule has 2 aromatic carbocycles. The van der Waals surface area contributed by atoms with Gasteiger partial charge in [0.2, 0.25) is 0 Å². The van der Waals surface area contributed by atoms with Crippen LogP contribution in [0.2, 0.25) is 5.02 Å². The van der Waals surface area contributed by atoms with Crippen LogP contribution >= 0.6 is 11.6 Å². The van der Waals surface area contributed by atoms with Crippen molar-refractivity contribution in [3.05, 3.63) is 69.9 Å². The Labute approximate surface area is 140 Å². The average Bonchev–Trinajstić information content (AvgIpc) is 2.50. The van der Waals surface area contributed by atoms with Gasteiger partial charge in [-0.05, 0) is 50.1 Å². The van der Waals surface area contributed by atoms with E-state index < -0.39 is 0 Å². The maximum atomic E-state index is 12.7. The molecule has 3 nitrogen and oxygen atoms in total. The summed E-state index contributed by atoms with van der Waals surface area (Å²) in [5, 5.41) is 4.40. The zero-order chi connectivity index (χ0) is 16.6. The van der Waals surface area contributed by atoms with E-state index in [4.69, 9.17) is 11.6 Å². The van der Waals surface area contributed by atoms with E-state index in [0.717, 1.165) is 22.0 Å². The molecule has 0 unspecified atom stereocenters. The summed E-state index contributed by atoms with van der Waals surface area (Å²) in [6.07, 6.45) is 0. The van der Waals surface area contributed by atoms with Crippen molar-refractivity contribution >= 4 is 34.1 Å². The van der Waals surface area contributed by atoms with Crippen LogP contribution in [0.4, 0.5) is 5.69 Å². The summed E-state index contributed by atoms with van der Waals surface area (Å²) in [4.78, 5) is 17.3. The van der Waals surface area contributed by atoms with E-state index in [0.29, 0.717) is 22.0 Å². The number of nitrogens with one attached hydrogen (secondary N) is 1. The number of aromatic nitrogens is 1. The number of fused-ring (bicyclic) bond motifs is 1. The van der Waals surface area contributed by atoms with Crippen molar-refractivity contribution in [1.82, 2.24) is 4.98 Å². The molecule has 23 heavy (non-hydrogen) atoms. The Hall–Kier alpha value is -2.39. The molecule has 0 saturated carbocycles. The van der Waals surface area contributed by atoms with E-state index in [1.807, 2.05) is 63.2 Å². The summed E-state index contributed by atoms with van der Waals surface area (Å²) in [5.41, 5.74) is 4.78. The Morgan fingerprint density at radius 1 is 1.09 bits per heavy atom. The lowest BCUT2D eigenvalue weighted by atomic mass is 10.0. The third kappa shape index (κ3) is 2.92. The summed E-state index contributed by atoms with van der Waals surface area (Å²) in [6, 6.07) is 13.4. The van der Waals surface area contributed by atoms with Crippen molar-refractivity contribution in [2.75, 3.05) is 5.32 Å². The number of pyridine rings is 1. The van der Waals surface area contributed by atoms with Gasteiger partial charge in [0, 0.05) is 5.39 Å². The van der Waals surface area contributed by atoms with Crippen molar-refractivity contribution in [2.45, 2.75) is 20.8 Å². The lowest BCUT2D eigenvalue weighted by Gasteiger charge is -2.13. The first-order valence-electron chi connectivity index (χ1n) is 7.41. The molecule has 0 atom stereocenters. The lowest BCUT2D eigenvalue weighted by molar-refractivity contribution is 0.102. The van der Waals surface area contributed by atoms with Gasteiger partial charge in [0.25, 0.3) is 5.91 Å². The molecule has 0 radical (unpaired) electrons. The first-order valence-corrected chi connectivity index (χ1v) is 7.78. The minimum Gasteiger partial charge on any atom is -0.321 e. The molecule has 3 rings (SSSR count). The van der Waals surface area contributed by atoms with Crippen LogP contribution in [-0.4, -0.2) is 10.9 Å². The van der Waals surface area contributed by atoms with Crippen LogP contribution < -0.4 is 5.32 Å². The monoisotopic (exact) mass is 324 g/mol. The molecule has 1 N–H and O–H groups in total.